The van der Waals surface area contributed by atoms with Gasteiger partial charge in [0.1, 0.15) is 11.6 Å². The highest BCUT2D eigenvalue weighted by molar-refractivity contribution is 9.10. The van der Waals surface area contributed by atoms with Crippen molar-refractivity contribution in [3.05, 3.63) is 28.0 Å². The standard InChI is InChI=1S/C9H9BrFNO3/c10-5-1-4(6(11)2-8(5)13)7(12)3-9(14)15/h1-2,7,13H,3,12H2,(H,14,15). The van der Waals surface area contributed by atoms with Crippen molar-refractivity contribution in [3.63, 3.8) is 0 Å². The third-order valence-electron chi connectivity index (χ3n) is 1.86. The average Bonchev–Trinajstić information content (AvgIpc) is 2.09. The van der Waals surface area contributed by atoms with Crippen LogP contribution in [0, 0.1) is 5.82 Å². The van der Waals surface area contributed by atoms with E-state index < -0.39 is 17.8 Å². The lowest BCUT2D eigenvalue weighted by atomic mass is 10.0. The lowest BCUT2D eigenvalue weighted by molar-refractivity contribution is -0.137. The van der Waals surface area contributed by atoms with Crippen LogP contribution in [0.5, 0.6) is 5.75 Å². The fourth-order valence-electron chi connectivity index (χ4n) is 1.13. The Morgan fingerprint density at radius 1 is 1.60 bits per heavy atom. The lowest BCUT2D eigenvalue weighted by Crippen LogP contribution is -2.16. The van der Waals surface area contributed by atoms with Crippen molar-refractivity contribution in [2.75, 3.05) is 0 Å². The topological polar surface area (TPSA) is 83.6 Å². The molecule has 0 aliphatic rings. The minimum absolute atomic E-state index is 0.0575. The van der Waals surface area contributed by atoms with E-state index in [2.05, 4.69) is 15.9 Å². The number of aromatic hydroxyl groups is 1. The molecule has 1 rings (SSSR count). The van der Waals surface area contributed by atoms with Crippen molar-refractivity contribution in [3.8, 4) is 5.75 Å². The number of phenolic OH excluding ortho intramolecular Hbond substituents is 1. The maximum Gasteiger partial charge on any atom is 0.305 e. The Hall–Kier alpha value is -1.14. The Bertz CT molecular complexity index is 397. The van der Waals surface area contributed by atoms with Crippen LogP contribution in [-0.4, -0.2) is 16.2 Å². The highest BCUT2D eigenvalue weighted by atomic mass is 79.9. The Balaban J connectivity index is 3.03. The molecule has 0 radical (unpaired) electrons. The van der Waals surface area contributed by atoms with E-state index in [9.17, 15) is 9.18 Å². The van der Waals surface area contributed by atoms with Gasteiger partial charge in [0.15, 0.2) is 0 Å². The molecule has 4 N–H and O–H groups in total. The van der Waals surface area contributed by atoms with Gasteiger partial charge in [-0.15, -0.1) is 0 Å². The monoisotopic (exact) mass is 277 g/mol. The van der Waals surface area contributed by atoms with Crippen LogP contribution in [0.2, 0.25) is 0 Å². The van der Waals surface area contributed by atoms with E-state index in [0.29, 0.717) is 0 Å². The first kappa shape index (κ1) is 11.9. The van der Waals surface area contributed by atoms with Crippen LogP contribution in [0.15, 0.2) is 16.6 Å². The molecule has 0 saturated carbocycles. The molecule has 4 nitrogen and oxygen atoms in total. The molecule has 82 valence electrons. The van der Waals surface area contributed by atoms with E-state index in [1.54, 1.807) is 0 Å². The van der Waals surface area contributed by atoms with Gasteiger partial charge in [-0.1, -0.05) is 0 Å². The van der Waals surface area contributed by atoms with Crippen LogP contribution in [0.25, 0.3) is 0 Å². The number of carboxylic acids is 1. The number of aliphatic carboxylic acids is 1. The van der Waals surface area contributed by atoms with Crippen LogP contribution in [0.4, 0.5) is 4.39 Å². The van der Waals surface area contributed by atoms with Crippen molar-refractivity contribution >= 4 is 21.9 Å². The molecule has 1 aromatic rings. The smallest absolute Gasteiger partial charge is 0.305 e. The fourth-order valence-corrected chi connectivity index (χ4v) is 1.50. The molecule has 1 unspecified atom stereocenters. The highest BCUT2D eigenvalue weighted by Crippen LogP contribution is 2.29. The van der Waals surface area contributed by atoms with Crippen LogP contribution in [0.3, 0.4) is 0 Å². The van der Waals surface area contributed by atoms with Crippen LogP contribution >= 0.6 is 15.9 Å². The van der Waals surface area contributed by atoms with Gasteiger partial charge in [0, 0.05) is 17.7 Å². The lowest BCUT2D eigenvalue weighted by Gasteiger charge is -2.11. The summed E-state index contributed by atoms with van der Waals surface area (Å²) < 4.78 is 13.6. The van der Waals surface area contributed by atoms with Crippen molar-refractivity contribution in [2.24, 2.45) is 5.73 Å². The molecular weight excluding hydrogens is 269 g/mol. The second kappa shape index (κ2) is 4.59. The largest absolute Gasteiger partial charge is 0.507 e. The summed E-state index contributed by atoms with van der Waals surface area (Å²) in [5.41, 5.74) is 5.55. The second-order valence-electron chi connectivity index (χ2n) is 3.03. The minimum Gasteiger partial charge on any atom is -0.507 e. The van der Waals surface area contributed by atoms with Gasteiger partial charge >= 0.3 is 5.97 Å². The Morgan fingerprint density at radius 3 is 2.73 bits per heavy atom. The zero-order valence-electron chi connectivity index (χ0n) is 7.58. The van der Waals surface area contributed by atoms with Crippen molar-refractivity contribution in [2.45, 2.75) is 12.5 Å². The summed E-state index contributed by atoms with van der Waals surface area (Å²) in [5.74, 6) is -2.07. The Labute approximate surface area is 93.6 Å². The molecule has 1 aromatic carbocycles. The molecule has 0 fully saturated rings. The molecule has 0 spiro atoms. The number of benzene rings is 1. The highest BCUT2D eigenvalue weighted by Gasteiger charge is 2.16. The van der Waals surface area contributed by atoms with Crippen LogP contribution in [0.1, 0.15) is 18.0 Å². The first-order chi connectivity index (χ1) is 6.91. The number of phenols is 1. The zero-order chi connectivity index (χ0) is 11.6. The number of carboxylic acid groups (broad SMARTS) is 1. The molecule has 6 heteroatoms. The normalized spacial score (nSPS) is 12.5. The van der Waals surface area contributed by atoms with Gasteiger partial charge in [0.25, 0.3) is 0 Å². The number of hydrogen-bond donors (Lipinski definition) is 3. The summed E-state index contributed by atoms with van der Waals surface area (Å²) in [4.78, 5) is 10.4. The van der Waals surface area contributed by atoms with Gasteiger partial charge < -0.3 is 15.9 Å². The fraction of sp³-hybridized carbons (Fsp3) is 0.222. The van der Waals surface area contributed by atoms with Gasteiger partial charge in [0.2, 0.25) is 0 Å². The molecule has 15 heavy (non-hydrogen) atoms. The van der Waals surface area contributed by atoms with E-state index >= 15 is 0 Å². The predicted molar refractivity (Wildman–Crippen MR) is 54.9 cm³/mol. The quantitative estimate of drug-likeness (QED) is 0.786. The summed E-state index contributed by atoms with van der Waals surface area (Å²) in [5, 5.41) is 17.6. The van der Waals surface area contributed by atoms with Gasteiger partial charge in [-0.2, -0.15) is 0 Å². The number of carbonyl (C=O) groups is 1. The van der Waals surface area contributed by atoms with Crippen molar-refractivity contribution < 1.29 is 19.4 Å². The van der Waals surface area contributed by atoms with E-state index in [0.717, 1.165) is 6.07 Å². The van der Waals surface area contributed by atoms with Gasteiger partial charge in [-0.05, 0) is 22.0 Å². The molecular formula is C9H9BrFNO3. The molecule has 0 aliphatic carbocycles. The van der Waals surface area contributed by atoms with Crippen molar-refractivity contribution in [1.29, 1.82) is 0 Å². The Kier molecular flexibility index (Phi) is 3.65. The van der Waals surface area contributed by atoms with E-state index in [1.165, 1.54) is 6.07 Å². The summed E-state index contributed by atoms with van der Waals surface area (Å²) in [6.45, 7) is 0. The van der Waals surface area contributed by atoms with Gasteiger partial charge in [-0.25, -0.2) is 4.39 Å². The predicted octanol–water partition coefficient (Wildman–Crippen LogP) is 1.77. The third kappa shape index (κ3) is 2.90. The van der Waals surface area contributed by atoms with E-state index in [-0.39, 0.29) is 22.2 Å². The first-order valence-electron chi connectivity index (χ1n) is 4.07. The van der Waals surface area contributed by atoms with Gasteiger partial charge in [0.05, 0.1) is 10.9 Å². The molecule has 0 saturated heterocycles. The van der Waals surface area contributed by atoms with Crippen molar-refractivity contribution in [1.82, 2.24) is 0 Å². The van der Waals surface area contributed by atoms with Crippen LogP contribution < -0.4 is 5.73 Å². The molecule has 0 aliphatic heterocycles. The number of hydrogen-bond acceptors (Lipinski definition) is 3. The number of halogens is 2. The van der Waals surface area contributed by atoms with E-state index in [1.807, 2.05) is 0 Å². The average molecular weight is 278 g/mol. The number of nitrogens with two attached hydrogens (primary N) is 1. The summed E-state index contributed by atoms with van der Waals surface area (Å²) >= 11 is 3.00. The molecule has 0 heterocycles. The molecule has 0 amide bonds. The number of rotatable bonds is 3. The minimum atomic E-state index is -1.11. The first-order valence-corrected chi connectivity index (χ1v) is 4.86. The molecule has 1 atom stereocenters. The maximum atomic E-state index is 13.3. The summed E-state index contributed by atoms with van der Waals surface area (Å²) in [6.07, 6.45) is -0.367. The maximum absolute atomic E-state index is 13.3. The van der Waals surface area contributed by atoms with E-state index in [4.69, 9.17) is 15.9 Å². The second-order valence-corrected chi connectivity index (χ2v) is 3.88. The summed E-state index contributed by atoms with van der Waals surface area (Å²) in [7, 11) is 0. The molecule has 0 bridgehead atoms. The third-order valence-corrected chi connectivity index (χ3v) is 2.50. The molecule has 0 aromatic heterocycles. The SMILES string of the molecule is NC(CC(=O)O)c1cc(Br)c(O)cc1F. The zero-order valence-corrected chi connectivity index (χ0v) is 9.16. The Morgan fingerprint density at radius 2 is 2.20 bits per heavy atom. The summed E-state index contributed by atoms with van der Waals surface area (Å²) in [6, 6.07) is 1.23. The van der Waals surface area contributed by atoms with Crippen LogP contribution in [-0.2, 0) is 4.79 Å². The van der Waals surface area contributed by atoms with Gasteiger partial charge in [-0.3, -0.25) is 4.79 Å².